The lowest BCUT2D eigenvalue weighted by Gasteiger charge is -2.23. The summed E-state index contributed by atoms with van der Waals surface area (Å²) < 4.78 is 27.4. The summed E-state index contributed by atoms with van der Waals surface area (Å²) in [5.74, 6) is -0.745. The molecule has 21 heavy (non-hydrogen) atoms. The zero-order valence-corrected chi connectivity index (χ0v) is 13.7. The number of rotatable bonds is 5. The molecule has 0 radical (unpaired) electrons. The number of thiophene rings is 1. The van der Waals surface area contributed by atoms with Gasteiger partial charge in [0.15, 0.2) is 0 Å². The van der Waals surface area contributed by atoms with Crippen LogP contribution in [-0.2, 0) is 10.0 Å². The minimum atomic E-state index is -3.63. The van der Waals surface area contributed by atoms with E-state index in [0.717, 1.165) is 37.0 Å². The summed E-state index contributed by atoms with van der Waals surface area (Å²) in [7, 11) is -3.63. The first kappa shape index (κ1) is 16.5. The molecule has 7 heteroatoms. The van der Waals surface area contributed by atoms with Gasteiger partial charge in [0.05, 0.1) is 5.56 Å². The van der Waals surface area contributed by atoms with Crippen molar-refractivity contribution >= 4 is 27.3 Å². The van der Waals surface area contributed by atoms with E-state index < -0.39 is 16.0 Å². The summed E-state index contributed by atoms with van der Waals surface area (Å²) in [5.41, 5.74) is 0.0162. The summed E-state index contributed by atoms with van der Waals surface area (Å²) in [6.07, 6.45) is 6.85. The number of sulfonamides is 1. The largest absolute Gasteiger partial charge is 0.478 e. The van der Waals surface area contributed by atoms with Crippen LogP contribution in [0.3, 0.4) is 0 Å². The van der Waals surface area contributed by atoms with Gasteiger partial charge in [-0.15, -0.1) is 11.3 Å². The zero-order valence-electron chi connectivity index (χ0n) is 12.0. The van der Waals surface area contributed by atoms with Gasteiger partial charge in [-0.3, -0.25) is 0 Å². The third kappa shape index (κ3) is 4.28. The highest BCUT2D eigenvalue weighted by molar-refractivity contribution is 7.91. The predicted octanol–water partition coefficient (Wildman–Crippen LogP) is 3.08. The van der Waals surface area contributed by atoms with E-state index in [4.69, 9.17) is 5.11 Å². The molecule has 0 bridgehead atoms. The molecular formula is C14H21NO4S2. The Bertz CT molecular complexity index is 586. The van der Waals surface area contributed by atoms with Crippen molar-refractivity contribution in [1.82, 2.24) is 4.72 Å². The minimum absolute atomic E-state index is 0.0162. The first-order valence-corrected chi connectivity index (χ1v) is 9.60. The number of aromatic carboxylic acids is 1. The minimum Gasteiger partial charge on any atom is -0.478 e. The van der Waals surface area contributed by atoms with Crippen LogP contribution in [0.15, 0.2) is 15.7 Å². The molecule has 1 atom stereocenters. The van der Waals surface area contributed by atoms with Crippen LogP contribution in [0.4, 0.5) is 0 Å². The summed E-state index contributed by atoms with van der Waals surface area (Å²) >= 11 is 0.946. The van der Waals surface area contributed by atoms with Gasteiger partial charge >= 0.3 is 5.97 Å². The van der Waals surface area contributed by atoms with Gasteiger partial charge in [-0.05, 0) is 31.7 Å². The summed E-state index contributed by atoms with van der Waals surface area (Å²) in [4.78, 5) is 10.8. The van der Waals surface area contributed by atoms with Crippen molar-refractivity contribution in [2.45, 2.75) is 55.7 Å². The van der Waals surface area contributed by atoms with Crippen LogP contribution in [0.1, 0.15) is 55.8 Å². The number of hydrogen-bond donors (Lipinski definition) is 2. The first-order valence-electron chi connectivity index (χ1n) is 7.24. The molecule has 1 fully saturated rings. The highest BCUT2D eigenvalue weighted by Gasteiger charge is 2.26. The molecule has 2 rings (SSSR count). The number of hydrogen-bond acceptors (Lipinski definition) is 4. The Kier molecular flexibility index (Phi) is 5.40. The van der Waals surface area contributed by atoms with Gasteiger partial charge < -0.3 is 5.11 Å². The molecule has 0 aromatic carbocycles. The molecule has 1 heterocycles. The van der Waals surface area contributed by atoms with Gasteiger partial charge in [-0.1, -0.05) is 25.7 Å². The lowest BCUT2D eigenvalue weighted by atomic mass is 9.94. The second kappa shape index (κ2) is 6.89. The molecular weight excluding hydrogens is 310 g/mol. The summed E-state index contributed by atoms with van der Waals surface area (Å²) in [6, 6.07) is 1.10. The SMILES string of the molecule is C[C@@H](NS(=O)(=O)c1cc(C(=O)O)cs1)C1CCCCCC1. The normalized spacial score (nSPS) is 19.1. The number of nitrogens with one attached hydrogen (secondary N) is 1. The van der Waals surface area contributed by atoms with Crippen LogP contribution in [-0.4, -0.2) is 25.5 Å². The molecule has 0 saturated heterocycles. The second-order valence-electron chi connectivity index (χ2n) is 5.62. The molecule has 1 aliphatic rings. The van der Waals surface area contributed by atoms with E-state index in [1.165, 1.54) is 24.3 Å². The van der Waals surface area contributed by atoms with Crippen LogP contribution < -0.4 is 4.72 Å². The Labute approximate surface area is 129 Å². The van der Waals surface area contributed by atoms with E-state index in [-0.39, 0.29) is 15.8 Å². The Morgan fingerprint density at radius 1 is 1.33 bits per heavy atom. The third-order valence-electron chi connectivity index (χ3n) is 4.04. The van der Waals surface area contributed by atoms with Crippen LogP contribution in [0.25, 0.3) is 0 Å². The van der Waals surface area contributed by atoms with Crippen LogP contribution in [0, 0.1) is 5.92 Å². The fraction of sp³-hybridized carbons (Fsp3) is 0.643. The first-order chi connectivity index (χ1) is 9.90. The lowest BCUT2D eigenvalue weighted by Crippen LogP contribution is -2.37. The number of carboxylic acid groups (broad SMARTS) is 1. The quantitative estimate of drug-likeness (QED) is 0.812. The molecule has 1 aromatic heterocycles. The van der Waals surface area contributed by atoms with Gasteiger partial charge in [0, 0.05) is 11.4 Å². The standard InChI is InChI=1S/C14H21NO4S2/c1-10(11-6-4-2-3-5-7-11)15-21(18,19)13-8-12(9-20-13)14(16)17/h8-11,15H,2-7H2,1H3,(H,16,17)/t10-/m1/s1. The molecule has 0 aliphatic heterocycles. The van der Waals surface area contributed by atoms with Gasteiger partial charge in [-0.25, -0.2) is 17.9 Å². The highest BCUT2D eigenvalue weighted by Crippen LogP contribution is 2.27. The maximum absolute atomic E-state index is 12.3. The second-order valence-corrected chi connectivity index (χ2v) is 8.47. The molecule has 2 N–H and O–H groups in total. The molecule has 1 aromatic rings. The van der Waals surface area contributed by atoms with Gasteiger partial charge in [-0.2, -0.15) is 0 Å². The van der Waals surface area contributed by atoms with E-state index in [2.05, 4.69) is 4.72 Å². The van der Waals surface area contributed by atoms with Crippen molar-refractivity contribution in [2.24, 2.45) is 5.92 Å². The number of carbonyl (C=O) groups is 1. The average Bonchev–Trinajstić information content (AvgIpc) is 2.76. The molecule has 118 valence electrons. The maximum atomic E-state index is 12.3. The Balaban J connectivity index is 2.06. The van der Waals surface area contributed by atoms with E-state index in [1.54, 1.807) is 0 Å². The van der Waals surface area contributed by atoms with E-state index in [1.807, 2.05) is 6.92 Å². The average molecular weight is 331 g/mol. The monoisotopic (exact) mass is 331 g/mol. The van der Waals surface area contributed by atoms with Crippen molar-refractivity contribution in [2.75, 3.05) is 0 Å². The van der Waals surface area contributed by atoms with Crippen molar-refractivity contribution in [1.29, 1.82) is 0 Å². The van der Waals surface area contributed by atoms with Crippen molar-refractivity contribution in [3.05, 3.63) is 17.0 Å². The lowest BCUT2D eigenvalue weighted by molar-refractivity contribution is 0.0697. The van der Waals surface area contributed by atoms with Crippen LogP contribution in [0.2, 0.25) is 0 Å². The van der Waals surface area contributed by atoms with Gasteiger partial charge in [0.25, 0.3) is 0 Å². The van der Waals surface area contributed by atoms with Crippen LogP contribution >= 0.6 is 11.3 Å². The van der Waals surface area contributed by atoms with E-state index in [9.17, 15) is 13.2 Å². The van der Waals surface area contributed by atoms with Crippen molar-refractivity contribution in [3.8, 4) is 0 Å². The third-order valence-corrected chi connectivity index (χ3v) is 7.03. The molecule has 0 amide bonds. The van der Waals surface area contributed by atoms with Crippen molar-refractivity contribution < 1.29 is 18.3 Å². The molecule has 0 spiro atoms. The zero-order chi connectivity index (χ0) is 15.5. The van der Waals surface area contributed by atoms with E-state index >= 15 is 0 Å². The highest BCUT2D eigenvalue weighted by atomic mass is 32.2. The van der Waals surface area contributed by atoms with Gasteiger partial charge in [0.2, 0.25) is 10.0 Å². The smallest absolute Gasteiger partial charge is 0.336 e. The molecule has 5 nitrogen and oxygen atoms in total. The van der Waals surface area contributed by atoms with Crippen LogP contribution in [0.5, 0.6) is 0 Å². The number of carboxylic acids is 1. The molecule has 0 unspecified atom stereocenters. The van der Waals surface area contributed by atoms with E-state index in [0.29, 0.717) is 5.92 Å². The van der Waals surface area contributed by atoms with Crippen molar-refractivity contribution in [3.63, 3.8) is 0 Å². The molecule has 1 saturated carbocycles. The Morgan fingerprint density at radius 2 is 1.95 bits per heavy atom. The topological polar surface area (TPSA) is 83.5 Å². The Hall–Kier alpha value is -0.920. The summed E-state index contributed by atoms with van der Waals surface area (Å²) in [5, 5.41) is 10.2. The molecule has 1 aliphatic carbocycles. The fourth-order valence-corrected chi connectivity index (χ4v) is 5.26. The summed E-state index contributed by atoms with van der Waals surface area (Å²) in [6.45, 7) is 1.90. The maximum Gasteiger partial charge on any atom is 0.336 e. The van der Waals surface area contributed by atoms with Gasteiger partial charge in [0.1, 0.15) is 4.21 Å². The Morgan fingerprint density at radius 3 is 2.48 bits per heavy atom. The fourth-order valence-electron chi connectivity index (χ4n) is 2.78. The predicted molar refractivity (Wildman–Crippen MR) is 82.3 cm³/mol.